The second-order valence-electron chi connectivity index (χ2n) is 17.5. The molecule has 2 aliphatic carbocycles. The second-order valence-corrected chi connectivity index (χ2v) is 17.5. The zero-order valence-corrected chi connectivity index (χ0v) is 35.0. The summed E-state index contributed by atoms with van der Waals surface area (Å²) in [5, 5.41) is 2.49. The van der Waals surface area contributed by atoms with E-state index in [-0.39, 0.29) is 0 Å². The summed E-state index contributed by atoms with van der Waals surface area (Å²) < 4.78 is 2.55. The van der Waals surface area contributed by atoms with Crippen molar-refractivity contribution in [2.75, 3.05) is 4.90 Å². The number of hydrogen-bond donors (Lipinski definition) is 0. The van der Waals surface area contributed by atoms with E-state index in [1.807, 2.05) is 0 Å². The van der Waals surface area contributed by atoms with Crippen LogP contribution in [0.3, 0.4) is 0 Å². The summed E-state index contributed by atoms with van der Waals surface area (Å²) in [6.07, 6.45) is 0. The predicted molar refractivity (Wildman–Crippen MR) is 264 cm³/mol. The molecule has 64 heavy (non-hydrogen) atoms. The summed E-state index contributed by atoms with van der Waals surface area (Å²) in [4.78, 5) is 2.55. The van der Waals surface area contributed by atoms with Gasteiger partial charge in [-0.1, -0.05) is 200 Å². The maximum atomic E-state index is 2.55. The minimum absolute atomic E-state index is 0.527. The largest absolute Gasteiger partial charge is 0.310 e. The zero-order valence-electron chi connectivity index (χ0n) is 35.0. The van der Waals surface area contributed by atoms with Gasteiger partial charge in [0.1, 0.15) is 0 Å². The molecule has 2 heterocycles. The van der Waals surface area contributed by atoms with Crippen LogP contribution in [0.4, 0.5) is 17.1 Å². The fourth-order valence-electron chi connectivity index (χ4n) is 12.4. The highest BCUT2D eigenvalue weighted by Crippen LogP contribution is 2.63. The molecule has 1 aliphatic heterocycles. The Morgan fingerprint density at radius 1 is 0.328 bits per heavy atom. The van der Waals surface area contributed by atoms with E-state index < -0.39 is 10.8 Å². The van der Waals surface area contributed by atoms with Crippen LogP contribution in [0.2, 0.25) is 0 Å². The molecule has 0 saturated carbocycles. The van der Waals surface area contributed by atoms with Gasteiger partial charge >= 0.3 is 0 Å². The molecule has 0 fully saturated rings. The molecule has 0 atom stereocenters. The Morgan fingerprint density at radius 3 is 1.52 bits per heavy atom. The smallest absolute Gasteiger partial charge is 0.0755 e. The fraction of sp³-hybridized carbons (Fsp3) is 0.0323. The molecule has 2 nitrogen and oxygen atoms in total. The van der Waals surface area contributed by atoms with Gasteiger partial charge in [0, 0.05) is 27.7 Å². The molecule has 0 radical (unpaired) electrons. The zero-order chi connectivity index (χ0) is 42.0. The van der Waals surface area contributed by atoms with E-state index >= 15 is 0 Å². The molecular formula is C62H40N2. The fourth-order valence-corrected chi connectivity index (χ4v) is 12.4. The van der Waals surface area contributed by atoms with Crippen molar-refractivity contribution in [1.82, 2.24) is 4.57 Å². The van der Waals surface area contributed by atoms with Crippen molar-refractivity contribution < 1.29 is 0 Å². The Morgan fingerprint density at radius 2 is 0.844 bits per heavy atom. The predicted octanol–water partition coefficient (Wildman–Crippen LogP) is 15.3. The molecule has 10 aromatic carbocycles. The first-order valence-electron chi connectivity index (χ1n) is 22.4. The topological polar surface area (TPSA) is 8.17 Å². The molecular weight excluding hydrogens is 773 g/mol. The summed E-state index contributed by atoms with van der Waals surface area (Å²) in [6.45, 7) is 0. The number of anilines is 3. The number of hydrogen-bond acceptors (Lipinski definition) is 1. The van der Waals surface area contributed by atoms with Gasteiger partial charge in [0.2, 0.25) is 0 Å². The highest BCUT2D eigenvalue weighted by atomic mass is 15.1. The highest BCUT2D eigenvalue weighted by molar-refractivity contribution is 6.14. The van der Waals surface area contributed by atoms with Crippen LogP contribution in [0.1, 0.15) is 44.5 Å². The number of benzene rings is 10. The molecule has 3 aliphatic rings. The van der Waals surface area contributed by atoms with Crippen molar-refractivity contribution in [3.05, 3.63) is 287 Å². The molecule has 2 heteroatoms. The summed E-state index contributed by atoms with van der Waals surface area (Å²) in [5.74, 6) is 0. The Bertz CT molecular complexity index is 3590. The second kappa shape index (κ2) is 13.2. The van der Waals surface area contributed by atoms with Crippen LogP contribution in [0.5, 0.6) is 0 Å². The lowest BCUT2D eigenvalue weighted by Crippen LogP contribution is -2.33. The Balaban J connectivity index is 1.14. The molecule has 0 bridgehead atoms. The van der Waals surface area contributed by atoms with Crippen LogP contribution in [-0.4, -0.2) is 4.57 Å². The first kappa shape index (κ1) is 35.4. The SMILES string of the molecule is c1ccc(N(c2cc3c4c(c2)c2ccccc2n4-c2ccccc2C32c3ccccc3-c3ccccc32)c2cccc3c2-c2ccccc2C3(c2ccccc2)c2ccccc2)cc1. The van der Waals surface area contributed by atoms with Gasteiger partial charge in [0.25, 0.3) is 0 Å². The van der Waals surface area contributed by atoms with Crippen LogP contribution in [-0.2, 0) is 10.8 Å². The van der Waals surface area contributed by atoms with Crippen LogP contribution >= 0.6 is 0 Å². The maximum absolute atomic E-state index is 2.55. The van der Waals surface area contributed by atoms with Crippen molar-refractivity contribution in [2.45, 2.75) is 10.8 Å². The normalized spacial score (nSPS) is 14.2. The quantitative estimate of drug-likeness (QED) is 0.168. The molecule has 0 amide bonds. The van der Waals surface area contributed by atoms with Crippen LogP contribution in [0.15, 0.2) is 243 Å². The third kappa shape index (κ3) is 4.39. The van der Waals surface area contributed by atoms with Crippen molar-refractivity contribution >= 4 is 38.9 Å². The lowest BCUT2D eigenvalue weighted by Gasteiger charge is -2.40. The van der Waals surface area contributed by atoms with Gasteiger partial charge in [0.15, 0.2) is 0 Å². The average Bonchev–Trinajstić information content (AvgIpc) is 3.98. The van der Waals surface area contributed by atoms with Crippen LogP contribution < -0.4 is 4.90 Å². The third-order valence-electron chi connectivity index (χ3n) is 14.6. The van der Waals surface area contributed by atoms with E-state index in [0.717, 1.165) is 17.1 Å². The summed E-state index contributed by atoms with van der Waals surface area (Å²) in [6, 6.07) is 90.8. The van der Waals surface area contributed by atoms with E-state index in [0.29, 0.717) is 0 Å². The van der Waals surface area contributed by atoms with Crippen molar-refractivity contribution in [3.63, 3.8) is 0 Å². The molecule has 298 valence electrons. The highest BCUT2D eigenvalue weighted by Gasteiger charge is 2.52. The van der Waals surface area contributed by atoms with Crippen LogP contribution in [0.25, 0.3) is 49.7 Å². The minimum Gasteiger partial charge on any atom is -0.310 e. The van der Waals surface area contributed by atoms with Gasteiger partial charge in [0.05, 0.1) is 33.2 Å². The van der Waals surface area contributed by atoms with Gasteiger partial charge in [-0.15, -0.1) is 0 Å². The van der Waals surface area contributed by atoms with E-state index in [2.05, 4.69) is 252 Å². The number of para-hydroxylation sites is 3. The average molecular weight is 813 g/mol. The van der Waals surface area contributed by atoms with Gasteiger partial charge in [-0.2, -0.15) is 0 Å². The standard InChI is InChI=1S/C62H40N2/c1-4-21-41(22-5-1)61(42-23-6-2-7-24-42)52-33-16-12-30-48(52)59-54(61)35-20-38-58(59)63(43-25-8-3-9-26-43)44-39-49-47-29-13-18-36-56(47)64-57-37-19-17-34-53(57)62(55(40-44)60(49)64)50-31-14-10-27-45(50)46-28-11-15-32-51(46)62/h1-40H. The van der Waals surface area contributed by atoms with Crippen molar-refractivity contribution in [1.29, 1.82) is 0 Å². The molecule has 14 rings (SSSR count). The third-order valence-corrected chi connectivity index (χ3v) is 14.6. The molecule has 0 unspecified atom stereocenters. The maximum Gasteiger partial charge on any atom is 0.0755 e. The number of nitrogens with zero attached hydrogens (tertiary/aromatic N) is 2. The van der Waals surface area contributed by atoms with E-state index in [9.17, 15) is 0 Å². The molecule has 1 spiro atoms. The van der Waals surface area contributed by atoms with Gasteiger partial charge in [-0.05, 0) is 104 Å². The summed E-state index contributed by atoms with van der Waals surface area (Å²) >= 11 is 0. The lowest BCUT2D eigenvalue weighted by atomic mass is 9.65. The minimum atomic E-state index is -0.564. The molecule has 0 N–H and O–H groups in total. The molecule has 11 aromatic rings. The Labute approximate surface area is 372 Å². The summed E-state index contributed by atoms with van der Waals surface area (Å²) in [5.41, 5.74) is 21.5. The van der Waals surface area contributed by atoms with E-state index in [4.69, 9.17) is 0 Å². The Kier molecular flexibility index (Phi) is 7.28. The number of aromatic nitrogens is 1. The number of rotatable bonds is 5. The van der Waals surface area contributed by atoms with Crippen LogP contribution in [0, 0.1) is 0 Å². The number of fused-ring (bicyclic) bond motifs is 15. The van der Waals surface area contributed by atoms with Gasteiger partial charge < -0.3 is 9.47 Å². The molecule has 1 aromatic heterocycles. The Hall–Kier alpha value is -8.20. The van der Waals surface area contributed by atoms with E-state index in [1.54, 1.807) is 0 Å². The van der Waals surface area contributed by atoms with Gasteiger partial charge in [-0.25, -0.2) is 0 Å². The van der Waals surface area contributed by atoms with Gasteiger partial charge in [-0.3, -0.25) is 0 Å². The van der Waals surface area contributed by atoms with Crippen molar-refractivity contribution in [2.24, 2.45) is 0 Å². The first-order chi connectivity index (χ1) is 31.8. The lowest BCUT2D eigenvalue weighted by molar-refractivity contribution is 0.748. The monoisotopic (exact) mass is 812 g/mol. The van der Waals surface area contributed by atoms with E-state index in [1.165, 1.54) is 94.3 Å². The molecule has 0 saturated heterocycles. The van der Waals surface area contributed by atoms with Crippen molar-refractivity contribution in [3.8, 4) is 27.9 Å². The summed E-state index contributed by atoms with van der Waals surface area (Å²) in [7, 11) is 0. The first-order valence-corrected chi connectivity index (χ1v) is 22.4.